The fraction of sp³-hybridized carbons (Fsp3) is 0.222. The standard InChI is InChI=1S/C23H23Cl2FN8O.C23H17Cl2FN6O3S.C22H21ClFN7O2.C22H21ClFN7O/c1-13(20-15(24)2-3-16(26)21(20)25)32-34-11-8-17-18(34)4-5-19(29-17)33-12-28-31-23(33)30-22(35)14-6-9-27-10-7-14;1-14(21-17(24)7-8-18(26)22(21)25)35-32-10-9-19-23(32)29-20(12-27-19)31-13-16(11-28-31)36(33,34)30-15-5-3-2-4-6-15;23-18-2-1-15(24)9-14(18)13-33-31-21-10-17(11-26-20(21)12-27-31)30-8-5-19(29-30)22(32)28-16-3-6-25-7-4-16;23-19-2-1-15(24)11-18(19)22(32)28-31-8-4-20-21(31)12-17(13-26-20)30-7-3-16(27-30)14-29-9-5-25-6-10-29/h2-5,8,11-14,27,32H,6-7,9-10H2,1H3,(H,30,31,35);2-14,30H,1H3;1-2,5,8-12,16,25H,3-4,6-7,13H2,(H,28,32);1-4,7-8,11-13,25H,5-6,9-10,14H2,(H,28,32). The van der Waals surface area contributed by atoms with Crippen molar-refractivity contribution in [1.29, 1.82) is 0 Å². The molecule has 0 bridgehead atoms. The lowest BCUT2D eigenvalue weighted by atomic mass is 9.97. The maximum atomic E-state index is 14.0. The van der Waals surface area contributed by atoms with E-state index in [4.69, 9.17) is 84.3 Å². The lowest BCUT2D eigenvalue weighted by Crippen LogP contribution is -2.42. The summed E-state index contributed by atoms with van der Waals surface area (Å²) in [4.78, 5) is 75.6. The van der Waals surface area contributed by atoms with Crippen LogP contribution in [0.3, 0.4) is 0 Å². The Balaban J connectivity index is 0.000000126. The molecule has 0 radical (unpaired) electrons. The van der Waals surface area contributed by atoms with Gasteiger partial charge in [0.25, 0.3) is 21.8 Å². The highest BCUT2D eigenvalue weighted by molar-refractivity contribution is 7.92. The van der Waals surface area contributed by atoms with E-state index in [0.29, 0.717) is 88.8 Å². The highest BCUT2D eigenvalue weighted by Gasteiger charge is 2.28. The molecule has 15 heterocycles. The van der Waals surface area contributed by atoms with Gasteiger partial charge in [0.2, 0.25) is 11.9 Å². The molecule has 5 aromatic carbocycles. The quantitative estimate of drug-likeness (QED) is 0.0206. The monoisotopic (exact) mass is 1980 g/mol. The highest BCUT2D eigenvalue weighted by Crippen LogP contribution is 2.36. The number of fused-ring (bicyclic) bond motifs is 4. The van der Waals surface area contributed by atoms with Crippen LogP contribution in [0.5, 0.6) is 0 Å². The van der Waals surface area contributed by atoms with E-state index in [0.717, 1.165) is 108 Å². The number of nitrogens with one attached hydrogen (secondary N) is 8. The Hall–Kier alpha value is -13.7. The van der Waals surface area contributed by atoms with Crippen molar-refractivity contribution in [3.05, 3.63) is 307 Å². The van der Waals surface area contributed by atoms with Gasteiger partial charge in [-0.3, -0.25) is 58.6 Å². The number of pyridine rings is 3. The molecule has 8 N–H and O–H groups in total. The largest absolute Gasteiger partial charge is 0.404 e. The number of carbonyl (C=O) groups excluding carboxylic acids is 3. The molecule has 700 valence electrons. The summed E-state index contributed by atoms with van der Waals surface area (Å²) < 4.78 is 93.9. The number of nitrogens with zero attached hydrogens (tertiary/aromatic N) is 20. The Bertz CT molecular complexity index is 7340. The van der Waals surface area contributed by atoms with Gasteiger partial charge in [0.05, 0.1) is 103 Å². The van der Waals surface area contributed by atoms with Crippen LogP contribution < -0.4 is 51.8 Å². The van der Waals surface area contributed by atoms with Gasteiger partial charge in [0.15, 0.2) is 23.3 Å². The molecule has 0 aliphatic carbocycles. The van der Waals surface area contributed by atoms with Crippen molar-refractivity contribution in [2.24, 2.45) is 5.92 Å². The van der Waals surface area contributed by atoms with Crippen LogP contribution in [0.2, 0.25) is 30.1 Å². The van der Waals surface area contributed by atoms with Crippen LogP contribution in [0.25, 0.3) is 67.3 Å². The zero-order valence-corrected chi connectivity index (χ0v) is 77.3. The van der Waals surface area contributed by atoms with Gasteiger partial charge >= 0.3 is 0 Å². The molecule has 3 aliphatic rings. The number of hydrogen-bond acceptors (Lipinski definition) is 23. The summed E-state index contributed by atoms with van der Waals surface area (Å²) in [7, 11) is -3.87. The topological polar surface area (TPSA) is 385 Å². The van der Waals surface area contributed by atoms with E-state index in [2.05, 4.69) is 97.6 Å². The molecule has 3 aliphatic heterocycles. The maximum absolute atomic E-state index is 14.0. The molecule has 0 spiro atoms. The van der Waals surface area contributed by atoms with Gasteiger partial charge in [-0.15, -0.1) is 15.3 Å². The third kappa shape index (κ3) is 22.0. The normalized spacial score (nSPS) is 14.2. The summed E-state index contributed by atoms with van der Waals surface area (Å²) in [5, 5.41) is 42.3. The van der Waals surface area contributed by atoms with E-state index >= 15 is 0 Å². The average Bonchev–Trinajstić information content (AvgIpc) is 1.65. The SMILES string of the molecule is CC(Nn1ccc2nc(-n3cnnc3NC(=O)C3CCNCC3)ccc21)c1c(Cl)ccc(F)c1Cl.CC(On1ccc2ncc(-n3cc(S(=O)(=O)Nc4ccccc4)cn3)nc21)c1c(Cl)ccc(F)c1Cl.O=C(NC1CCNCC1)c1ccn(-c2cnc3cnn(OCc4cc(F)ccc4Cl)c3c2)n1.O=C(Nn1ccc2ncc(-n3ccc(CN4CCNCC4)n3)cc21)c1cc(F)ccc1Cl. The Kier molecular flexibility index (Phi) is 29.1. The molecule has 12 aromatic heterocycles. The summed E-state index contributed by atoms with van der Waals surface area (Å²) in [6.45, 7) is 11.8. The first kappa shape index (κ1) is 94.1. The van der Waals surface area contributed by atoms with E-state index in [-0.39, 0.29) is 78.4 Å². The van der Waals surface area contributed by atoms with Crippen LogP contribution in [0, 0.1) is 29.2 Å². The summed E-state index contributed by atoms with van der Waals surface area (Å²) >= 11 is 36.9. The van der Waals surface area contributed by atoms with Crippen molar-refractivity contribution in [3.63, 3.8) is 0 Å². The predicted octanol–water partition coefficient (Wildman–Crippen LogP) is 14.7. The first-order valence-electron chi connectivity index (χ1n) is 42.6. The number of carbonyl (C=O) groups is 3. The Morgan fingerprint density at radius 3 is 1.99 bits per heavy atom. The van der Waals surface area contributed by atoms with Gasteiger partial charge in [0, 0.05) is 113 Å². The third-order valence-corrected chi connectivity index (χ3v) is 25.7. The minimum absolute atomic E-state index is 0.0129. The first-order valence-corrected chi connectivity index (χ1v) is 46.3. The van der Waals surface area contributed by atoms with Crippen LogP contribution in [0.15, 0.2) is 225 Å². The van der Waals surface area contributed by atoms with Gasteiger partial charge in [0.1, 0.15) is 63.5 Å². The number of sulfonamides is 1. The van der Waals surface area contributed by atoms with Crippen molar-refractivity contribution in [3.8, 4) is 23.0 Å². The molecule has 3 amide bonds. The second kappa shape index (κ2) is 42.1. The summed E-state index contributed by atoms with van der Waals surface area (Å²) in [6, 6.07) is 37.7. The van der Waals surface area contributed by atoms with Gasteiger partial charge in [-0.2, -0.15) is 20.0 Å². The van der Waals surface area contributed by atoms with Crippen LogP contribution >= 0.6 is 69.6 Å². The smallest absolute Gasteiger partial charge is 0.272 e. The molecular formula is C90H82Cl6F4N28O7S. The van der Waals surface area contributed by atoms with Gasteiger partial charge < -0.3 is 36.4 Å². The molecule has 0 saturated carbocycles. The molecule has 3 fully saturated rings. The molecule has 2 unspecified atom stereocenters. The van der Waals surface area contributed by atoms with E-state index in [1.165, 1.54) is 93.8 Å². The summed E-state index contributed by atoms with van der Waals surface area (Å²) in [6.07, 6.45) is 21.8. The minimum Gasteiger partial charge on any atom is -0.404 e. The number of hydrogen-bond donors (Lipinski definition) is 8. The molecule has 20 rings (SSSR count). The van der Waals surface area contributed by atoms with Crippen molar-refractivity contribution in [1.82, 2.24) is 119 Å². The maximum Gasteiger partial charge on any atom is 0.272 e. The molecule has 17 aromatic rings. The fourth-order valence-corrected chi connectivity index (χ4v) is 17.9. The molecular weight excluding hydrogens is 1910 g/mol. The molecule has 2 atom stereocenters. The average molecular weight is 1990 g/mol. The van der Waals surface area contributed by atoms with Crippen LogP contribution in [-0.4, -0.2) is 182 Å². The number of amides is 3. The molecule has 35 nitrogen and oxygen atoms in total. The van der Waals surface area contributed by atoms with E-state index < -0.39 is 45.3 Å². The highest BCUT2D eigenvalue weighted by atomic mass is 35.5. The van der Waals surface area contributed by atoms with Gasteiger partial charge in [-0.25, -0.2) is 55.0 Å². The second-order valence-electron chi connectivity index (χ2n) is 31.5. The van der Waals surface area contributed by atoms with Crippen molar-refractivity contribution in [2.45, 2.75) is 75.8 Å². The van der Waals surface area contributed by atoms with Crippen LogP contribution in [0.4, 0.5) is 29.2 Å². The number of piperazine rings is 1. The second-order valence-corrected chi connectivity index (χ2v) is 35.5. The first-order chi connectivity index (χ1) is 65.8. The Morgan fingerprint density at radius 1 is 0.574 bits per heavy atom. The fourth-order valence-electron chi connectivity index (χ4n) is 15.2. The van der Waals surface area contributed by atoms with Gasteiger partial charge in [-0.05, 0) is 193 Å². The Morgan fingerprint density at radius 2 is 1.23 bits per heavy atom. The Labute approximate surface area is 802 Å². The summed E-state index contributed by atoms with van der Waals surface area (Å²) in [5.41, 5.74) is 15.4. The van der Waals surface area contributed by atoms with E-state index in [1.54, 1.807) is 128 Å². The summed E-state index contributed by atoms with van der Waals surface area (Å²) in [5.74, 6) is -1.78. The number of benzene rings is 5. The minimum atomic E-state index is -3.87. The van der Waals surface area contributed by atoms with Gasteiger partial charge in [-0.1, -0.05) is 92.6 Å². The number of aromatic nitrogens is 19. The third-order valence-electron chi connectivity index (χ3n) is 22.3. The van der Waals surface area contributed by atoms with Crippen LogP contribution in [0.1, 0.15) is 94.9 Å². The molecule has 136 heavy (non-hydrogen) atoms. The number of rotatable bonds is 24. The zero-order chi connectivity index (χ0) is 94.8. The number of halogens is 10. The number of piperidine rings is 2. The van der Waals surface area contributed by atoms with E-state index in [9.17, 15) is 40.4 Å². The van der Waals surface area contributed by atoms with Crippen molar-refractivity contribution >= 4 is 153 Å². The number of para-hydroxylation sites is 1. The van der Waals surface area contributed by atoms with Crippen LogP contribution in [-0.2, 0) is 28.0 Å². The molecule has 46 heteroatoms. The lowest BCUT2D eigenvalue weighted by molar-refractivity contribution is -0.120. The van der Waals surface area contributed by atoms with Crippen molar-refractivity contribution < 1.29 is 50.0 Å². The zero-order valence-electron chi connectivity index (χ0n) is 72.0. The lowest BCUT2D eigenvalue weighted by Gasteiger charge is -2.26. The molecule has 3 saturated heterocycles. The van der Waals surface area contributed by atoms with Crippen molar-refractivity contribution in [2.75, 3.05) is 73.2 Å². The predicted molar refractivity (Wildman–Crippen MR) is 506 cm³/mol. The number of anilines is 2. The van der Waals surface area contributed by atoms with E-state index in [1.807, 2.05) is 43.6 Å².